The van der Waals surface area contributed by atoms with Gasteiger partial charge in [-0.3, -0.25) is 4.79 Å². The van der Waals surface area contributed by atoms with Crippen LogP contribution in [0.15, 0.2) is 65.3 Å². The maximum atomic E-state index is 12.8. The lowest BCUT2D eigenvalue weighted by Gasteiger charge is -2.10. The quantitative estimate of drug-likeness (QED) is 0.734. The molecule has 3 rings (SSSR count). The van der Waals surface area contributed by atoms with E-state index in [-0.39, 0.29) is 5.91 Å². The number of benzene rings is 2. The van der Waals surface area contributed by atoms with E-state index < -0.39 is 0 Å². The van der Waals surface area contributed by atoms with E-state index in [9.17, 15) is 4.79 Å². The Morgan fingerprint density at radius 2 is 1.78 bits per heavy atom. The van der Waals surface area contributed by atoms with E-state index in [1.54, 1.807) is 0 Å². The van der Waals surface area contributed by atoms with E-state index in [1.807, 2.05) is 60.7 Å². The predicted molar refractivity (Wildman–Crippen MR) is 95.7 cm³/mol. The van der Waals surface area contributed by atoms with Crippen LogP contribution in [0.4, 0.5) is 5.69 Å². The molecule has 2 aromatic rings. The Morgan fingerprint density at radius 3 is 2.43 bits per heavy atom. The third kappa shape index (κ3) is 3.35. The largest absolute Gasteiger partial charge is 0.280 e. The Balaban J connectivity index is 1.98. The number of nitrogens with zero attached hydrogens (tertiary/aromatic N) is 2. The number of para-hydroxylation sites is 1. The molecule has 0 spiro atoms. The smallest absolute Gasteiger partial charge is 0.267 e. The zero-order valence-electron chi connectivity index (χ0n) is 12.9. The first kappa shape index (κ1) is 15.5. The van der Waals surface area contributed by atoms with Crippen LogP contribution in [0.2, 0.25) is 5.02 Å². The summed E-state index contributed by atoms with van der Waals surface area (Å²) < 4.78 is 0. The van der Waals surface area contributed by atoms with Crippen molar-refractivity contribution < 1.29 is 4.79 Å². The third-order valence-electron chi connectivity index (χ3n) is 3.62. The summed E-state index contributed by atoms with van der Waals surface area (Å²) in [6.07, 6.45) is 3.59. The second kappa shape index (κ2) is 6.80. The van der Waals surface area contributed by atoms with E-state index in [4.69, 9.17) is 11.6 Å². The van der Waals surface area contributed by atoms with E-state index in [2.05, 4.69) is 12.0 Å². The van der Waals surface area contributed by atoms with Crippen molar-refractivity contribution in [2.24, 2.45) is 5.10 Å². The van der Waals surface area contributed by atoms with Crippen LogP contribution in [0.1, 0.15) is 25.3 Å². The summed E-state index contributed by atoms with van der Waals surface area (Å²) in [6.45, 7) is 2.08. The second-order valence-corrected chi connectivity index (χ2v) is 5.80. The van der Waals surface area contributed by atoms with Gasteiger partial charge in [-0.15, -0.1) is 0 Å². The highest BCUT2D eigenvalue weighted by Crippen LogP contribution is 2.26. The highest BCUT2D eigenvalue weighted by molar-refractivity contribution is 6.33. The fourth-order valence-corrected chi connectivity index (χ4v) is 2.62. The molecule has 4 heteroatoms. The second-order valence-electron chi connectivity index (χ2n) is 5.36. The molecule has 0 fully saturated rings. The Bertz CT molecular complexity index is 764. The highest BCUT2D eigenvalue weighted by atomic mass is 35.5. The maximum Gasteiger partial charge on any atom is 0.280 e. The number of halogens is 1. The first-order chi connectivity index (χ1) is 11.2. The Hall–Kier alpha value is -2.39. The third-order valence-corrected chi connectivity index (χ3v) is 3.87. The van der Waals surface area contributed by atoms with Gasteiger partial charge in [0.2, 0.25) is 0 Å². The summed E-state index contributed by atoms with van der Waals surface area (Å²) in [5, 5.41) is 6.69. The molecular formula is C19H17ClN2O. The molecule has 0 saturated carbocycles. The minimum atomic E-state index is -0.0883. The lowest BCUT2D eigenvalue weighted by atomic mass is 10.0. The van der Waals surface area contributed by atoms with Gasteiger partial charge >= 0.3 is 0 Å². The van der Waals surface area contributed by atoms with Crippen LogP contribution in [-0.4, -0.2) is 11.6 Å². The van der Waals surface area contributed by atoms with Crippen molar-refractivity contribution in [1.82, 2.24) is 0 Å². The summed E-state index contributed by atoms with van der Waals surface area (Å²) in [6, 6.07) is 16.9. The van der Waals surface area contributed by atoms with Gasteiger partial charge in [0, 0.05) is 5.02 Å². The molecule has 0 aliphatic carbocycles. The maximum absolute atomic E-state index is 12.8. The average molecular weight is 325 g/mol. The zero-order chi connectivity index (χ0) is 16.2. The molecule has 0 aromatic heterocycles. The molecule has 2 aromatic carbocycles. The van der Waals surface area contributed by atoms with Crippen LogP contribution >= 0.6 is 11.6 Å². The van der Waals surface area contributed by atoms with Crippen LogP contribution in [0, 0.1) is 0 Å². The van der Waals surface area contributed by atoms with Gasteiger partial charge in [0.15, 0.2) is 0 Å². The van der Waals surface area contributed by atoms with Crippen molar-refractivity contribution in [2.75, 3.05) is 5.01 Å². The molecule has 1 aliphatic rings. The average Bonchev–Trinajstić information content (AvgIpc) is 2.87. The van der Waals surface area contributed by atoms with Gasteiger partial charge in [-0.2, -0.15) is 10.1 Å². The SMILES string of the molecule is CCCC1=NN(c2ccccc2)C(=O)C1=Cc1ccc(Cl)cc1. The number of amides is 1. The van der Waals surface area contributed by atoms with Gasteiger partial charge in [0.1, 0.15) is 0 Å². The number of carbonyl (C=O) groups excluding carboxylic acids is 1. The van der Waals surface area contributed by atoms with Crippen LogP contribution in [0.3, 0.4) is 0 Å². The van der Waals surface area contributed by atoms with E-state index in [0.717, 1.165) is 29.8 Å². The Kier molecular flexibility index (Phi) is 4.58. The van der Waals surface area contributed by atoms with Gasteiger partial charge in [0.05, 0.1) is 17.0 Å². The molecule has 0 bridgehead atoms. The molecule has 1 amide bonds. The molecule has 3 nitrogen and oxygen atoms in total. The first-order valence-electron chi connectivity index (χ1n) is 7.63. The van der Waals surface area contributed by atoms with Gasteiger partial charge in [-0.05, 0) is 42.3 Å². The zero-order valence-corrected chi connectivity index (χ0v) is 13.6. The van der Waals surface area contributed by atoms with Crippen LogP contribution in [-0.2, 0) is 4.79 Å². The molecule has 0 unspecified atom stereocenters. The van der Waals surface area contributed by atoms with Gasteiger partial charge in [-0.25, -0.2) is 0 Å². The molecule has 116 valence electrons. The molecule has 0 N–H and O–H groups in total. The lowest BCUT2D eigenvalue weighted by Crippen LogP contribution is -2.21. The van der Waals surface area contributed by atoms with Crippen LogP contribution in [0.5, 0.6) is 0 Å². The van der Waals surface area contributed by atoms with Crippen molar-refractivity contribution in [3.05, 3.63) is 70.8 Å². The Labute approximate surface area is 140 Å². The topological polar surface area (TPSA) is 32.7 Å². The highest BCUT2D eigenvalue weighted by Gasteiger charge is 2.30. The van der Waals surface area contributed by atoms with Crippen molar-refractivity contribution in [1.29, 1.82) is 0 Å². The summed E-state index contributed by atoms with van der Waals surface area (Å²) in [5.74, 6) is -0.0883. The van der Waals surface area contributed by atoms with Crippen molar-refractivity contribution >= 4 is 35.0 Å². The molecule has 1 aliphatic heterocycles. The molecule has 0 atom stereocenters. The van der Waals surface area contributed by atoms with Crippen molar-refractivity contribution in [3.63, 3.8) is 0 Å². The van der Waals surface area contributed by atoms with Gasteiger partial charge in [-0.1, -0.05) is 55.3 Å². The predicted octanol–water partition coefficient (Wildman–Crippen LogP) is 4.93. The molecule has 0 radical (unpaired) electrons. The first-order valence-corrected chi connectivity index (χ1v) is 8.01. The fraction of sp³-hybridized carbons (Fsp3) is 0.158. The van der Waals surface area contributed by atoms with Crippen LogP contribution < -0.4 is 5.01 Å². The number of hydrogen-bond donors (Lipinski definition) is 0. The minimum Gasteiger partial charge on any atom is -0.267 e. The normalized spacial score (nSPS) is 16.1. The van der Waals surface area contributed by atoms with Crippen molar-refractivity contribution in [2.45, 2.75) is 19.8 Å². The van der Waals surface area contributed by atoms with E-state index >= 15 is 0 Å². The molecular weight excluding hydrogens is 308 g/mol. The minimum absolute atomic E-state index is 0.0883. The summed E-state index contributed by atoms with van der Waals surface area (Å²) in [7, 11) is 0. The van der Waals surface area contributed by atoms with E-state index in [1.165, 1.54) is 5.01 Å². The summed E-state index contributed by atoms with van der Waals surface area (Å²) in [4.78, 5) is 12.8. The van der Waals surface area contributed by atoms with Crippen molar-refractivity contribution in [3.8, 4) is 0 Å². The summed E-state index contributed by atoms with van der Waals surface area (Å²) in [5.41, 5.74) is 3.21. The molecule has 23 heavy (non-hydrogen) atoms. The standard InChI is InChI=1S/C19H17ClN2O/c1-2-6-18-17(13-14-9-11-15(20)12-10-14)19(23)22(21-18)16-7-4-3-5-8-16/h3-5,7-13H,2,6H2,1H3. The monoisotopic (exact) mass is 324 g/mol. The number of hydrazone groups is 1. The summed E-state index contributed by atoms with van der Waals surface area (Å²) >= 11 is 5.92. The Morgan fingerprint density at radius 1 is 1.09 bits per heavy atom. The fourth-order valence-electron chi connectivity index (χ4n) is 2.49. The number of hydrogen-bond acceptors (Lipinski definition) is 2. The van der Waals surface area contributed by atoms with Gasteiger partial charge in [0.25, 0.3) is 5.91 Å². The molecule has 1 heterocycles. The number of carbonyl (C=O) groups is 1. The number of rotatable bonds is 4. The van der Waals surface area contributed by atoms with Crippen LogP contribution in [0.25, 0.3) is 6.08 Å². The molecule has 0 saturated heterocycles. The number of anilines is 1. The van der Waals surface area contributed by atoms with Gasteiger partial charge < -0.3 is 0 Å². The van der Waals surface area contributed by atoms with E-state index in [0.29, 0.717) is 10.6 Å². The lowest BCUT2D eigenvalue weighted by molar-refractivity contribution is -0.114.